The Bertz CT molecular complexity index is 633. The lowest BCUT2D eigenvalue weighted by molar-refractivity contribution is -0.118. The van der Waals surface area contributed by atoms with Gasteiger partial charge in [0.2, 0.25) is 17.7 Å². The van der Waals surface area contributed by atoms with Gasteiger partial charge < -0.3 is 30.2 Å². The molecule has 0 fully saturated rings. The van der Waals surface area contributed by atoms with Crippen LogP contribution in [0.5, 0.6) is 0 Å². The van der Waals surface area contributed by atoms with Crippen molar-refractivity contribution in [2.24, 2.45) is 5.41 Å². The van der Waals surface area contributed by atoms with Crippen molar-refractivity contribution in [3.05, 3.63) is 38.0 Å². The lowest BCUT2D eigenvalue weighted by Crippen LogP contribution is -2.40. The third-order valence-corrected chi connectivity index (χ3v) is 5.17. The summed E-state index contributed by atoms with van der Waals surface area (Å²) >= 11 is 0. The second-order valence-corrected chi connectivity index (χ2v) is 8.55. The molecule has 9 heteroatoms. The van der Waals surface area contributed by atoms with Crippen LogP contribution in [0.25, 0.3) is 0 Å². The fourth-order valence-corrected chi connectivity index (χ4v) is 3.05. The lowest BCUT2D eigenvalue weighted by Gasteiger charge is -2.33. The normalized spacial score (nSPS) is 15.2. The summed E-state index contributed by atoms with van der Waals surface area (Å²) in [6.45, 7) is 20.3. The summed E-state index contributed by atoms with van der Waals surface area (Å²) < 4.78 is 17.7. The summed E-state index contributed by atoms with van der Waals surface area (Å²) in [5, 5.41) is 8.31. The van der Waals surface area contributed by atoms with E-state index >= 15 is 0 Å². The second-order valence-electron chi connectivity index (χ2n) is 8.55. The molecule has 0 rings (SSSR count). The fraction of sp³-hybridized carbons (Fsp3) is 0.640. The van der Waals surface area contributed by atoms with E-state index in [1.165, 1.54) is 18.2 Å². The fourth-order valence-electron chi connectivity index (χ4n) is 3.05. The first kappa shape index (κ1) is 31.5. The number of rotatable bonds is 20. The molecular formula is C25H43N3O6. The average molecular weight is 482 g/mol. The molecule has 0 saturated carbocycles. The summed E-state index contributed by atoms with van der Waals surface area (Å²) in [4.78, 5) is 34.3. The molecule has 0 aromatic rings. The van der Waals surface area contributed by atoms with E-state index < -0.39 is 0 Å². The molecule has 0 spiro atoms. The van der Waals surface area contributed by atoms with Crippen LogP contribution in [0.15, 0.2) is 38.0 Å². The van der Waals surface area contributed by atoms with E-state index in [4.69, 9.17) is 14.2 Å². The molecule has 3 N–H and O–H groups in total. The molecule has 0 aliphatic rings. The third-order valence-electron chi connectivity index (χ3n) is 5.17. The van der Waals surface area contributed by atoms with Crippen molar-refractivity contribution in [3.8, 4) is 0 Å². The van der Waals surface area contributed by atoms with Gasteiger partial charge in [0.25, 0.3) is 0 Å². The quantitative estimate of drug-likeness (QED) is 0.181. The number of nitrogens with one attached hydrogen (secondary N) is 3. The van der Waals surface area contributed by atoms with Gasteiger partial charge in [0.15, 0.2) is 0 Å². The standard InChI is InChI=1S/C25H43N3O6/c1-8-22(29)26-19(5)14-32-13-12-25(11-4,17-33-15-20(6)27-23(30)9-2)18-34-16-21(7)28-24(31)10-3/h8-10,19-21H,1-3,11-18H2,4-7H3,(H,26,29)(H,27,30)(H,28,31). The van der Waals surface area contributed by atoms with E-state index in [-0.39, 0.29) is 41.3 Å². The van der Waals surface area contributed by atoms with Gasteiger partial charge >= 0.3 is 0 Å². The Morgan fingerprint density at radius 2 is 1.09 bits per heavy atom. The zero-order chi connectivity index (χ0) is 26.0. The molecule has 3 amide bonds. The minimum absolute atomic E-state index is 0.141. The van der Waals surface area contributed by atoms with Crippen LogP contribution in [0.1, 0.15) is 40.5 Å². The first-order valence-corrected chi connectivity index (χ1v) is 11.6. The zero-order valence-corrected chi connectivity index (χ0v) is 21.2. The molecule has 0 radical (unpaired) electrons. The summed E-state index contributed by atoms with van der Waals surface area (Å²) in [7, 11) is 0. The van der Waals surface area contributed by atoms with Crippen molar-refractivity contribution in [3.63, 3.8) is 0 Å². The minimum Gasteiger partial charge on any atom is -0.379 e. The highest BCUT2D eigenvalue weighted by atomic mass is 16.5. The Balaban J connectivity index is 4.87. The molecule has 0 heterocycles. The van der Waals surface area contributed by atoms with Crippen LogP contribution in [0.4, 0.5) is 0 Å². The third kappa shape index (κ3) is 14.6. The van der Waals surface area contributed by atoms with Gasteiger partial charge in [0.05, 0.1) is 33.0 Å². The molecule has 0 saturated heterocycles. The number of carbonyl (C=O) groups excluding carboxylic acids is 3. The molecule has 34 heavy (non-hydrogen) atoms. The number of amides is 3. The van der Waals surface area contributed by atoms with Crippen molar-refractivity contribution in [2.75, 3.05) is 39.6 Å². The Morgan fingerprint density at radius 1 is 0.735 bits per heavy atom. The molecule has 0 aliphatic carbocycles. The molecule has 0 aromatic heterocycles. The number of carbonyl (C=O) groups is 3. The molecule has 0 aromatic carbocycles. The average Bonchev–Trinajstić information content (AvgIpc) is 2.80. The molecule has 194 valence electrons. The number of hydrogen-bond acceptors (Lipinski definition) is 6. The predicted molar refractivity (Wildman–Crippen MR) is 133 cm³/mol. The van der Waals surface area contributed by atoms with Crippen LogP contribution < -0.4 is 16.0 Å². The van der Waals surface area contributed by atoms with Gasteiger partial charge in [-0.05, 0) is 51.8 Å². The highest BCUT2D eigenvalue weighted by Gasteiger charge is 2.30. The van der Waals surface area contributed by atoms with Crippen molar-refractivity contribution < 1.29 is 28.6 Å². The predicted octanol–water partition coefficient (Wildman–Crippen LogP) is 1.89. The summed E-state index contributed by atoms with van der Waals surface area (Å²) in [6.07, 6.45) is 5.13. The highest BCUT2D eigenvalue weighted by Crippen LogP contribution is 2.28. The number of ether oxygens (including phenoxy) is 3. The van der Waals surface area contributed by atoms with Gasteiger partial charge in [-0.3, -0.25) is 14.4 Å². The maximum atomic E-state index is 11.5. The van der Waals surface area contributed by atoms with Crippen molar-refractivity contribution in [2.45, 2.75) is 58.7 Å². The molecule has 0 bridgehead atoms. The summed E-state index contributed by atoms with van der Waals surface area (Å²) in [6, 6.07) is -0.473. The Kier molecular flexibility index (Phi) is 16.6. The van der Waals surface area contributed by atoms with Gasteiger partial charge in [0, 0.05) is 30.1 Å². The zero-order valence-electron chi connectivity index (χ0n) is 21.2. The smallest absolute Gasteiger partial charge is 0.243 e. The van der Waals surface area contributed by atoms with Gasteiger partial charge in [-0.25, -0.2) is 0 Å². The van der Waals surface area contributed by atoms with E-state index in [2.05, 4.69) is 42.6 Å². The van der Waals surface area contributed by atoms with Gasteiger partial charge in [0.1, 0.15) is 0 Å². The van der Waals surface area contributed by atoms with Crippen LogP contribution in [0, 0.1) is 5.41 Å². The lowest BCUT2D eigenvalue weighted by atomic mass is 9.83. The minimum atomic E-state index is -0.321. The van der Waals surface area contributed by atoms with Crippen LogP contribution in [0.2, 0.25) is 0 Å². The second kappa shape index (κ2) is 17.9. The first-order chi connectivity index (χ1) is 16.1. The van der Waals surface area contributed by atoms with Crippen LogP contribution in [-0.2, 0) is 28.6 Å². The summed E-state index contributed by atoms with van der Waals surface area (Å²) in [5.74, 6) is -0.734. The highest BCUT2D eigenvalue weighted by molar-refractivity contribution is 5.87. The maximum Gasteiger partial charge on any atom is 0.243 e. The molecule has 0 aliphatic heterocycles. The van der Waals surface area contributed by atoms with E-state index in [1.807, 2.05) is 20.8 Å². The Morgan fingerprint density at radius 3 is 1.41 bits per heavy atom. The number of hydrogen-bond donors (Lipinski definition) is 3. The SMILES string of the molecule is C=CC(=O)NC(C)COCCC(CC)(COCC(C)NC(=O)C=C)COCC(C)NC(=O)C=C. The largest absolute Gasteiger partial charge is 0.379 e. The van der Waals surface area contributed by atoms with Gasteiger partial charge in [-0.2, -0.15) is 0 Å². The summed E-state index contributed by atoms with van der Waals surface area (Å²) in [5.41, 5.74) is -0.321. The van der Waals surface area contributed by atoms with Crippen molar-refractivity contribution in [1.82, 2.24) is 16.0 Å². The van der Waals surface area contributed by atoms with E-state index in [0.717, 1.165) is 6.42 Å². The topological polar surface area (TPSA) is 115 Å². The van der Waals surface area contributed by atoms with Gasteiger partial charge in [-0.1, -0.05) is 26.7 Å². The first-order valence-electron chi connectivity index (χ1n) is 11.6. The van der Waals surface area contributed by atoms with Gasteiger partial charge in [-0.15, -0.1) is 0 Å². The van der Waals surface area contributed by atoms with Crippen LogP contribution in [-0.4, -0.2) is 75.5 Å². The molecular weight excluding hydrogens is 438 g/mol. The van der Waals surface area contributed by atoms with Crippen LogP contribution in [0.3, 0.4) is 0 Å². The molecule has 9 nitrogen and oxygen atoms in total. The van der Waals surface area contributed by atoms with Crippen molar-refractivity contribution in [1.29, 1.82) is 0 Å². The van der Waals surface area contributed by atoms with Crippen LogP contribution >= 0.6 is 0 Å². The van der Waals surface area contributed by atoms with E-state index in [1.54, 1.807) is 0 Å². The van der Waals surface area contributed by atoms with E-state index in [0.29, 0.717) is 46.1 Å². The van der Waals surface area contributed by atoms with Crippen molar-refractivity contribution >= 4 is 17.7 Å². The Labute approximate surface area is 204 Å². The van der Waals surface area contributed by atoms with E-state index in [9.17, 15) is 14.4 Å². The Hall–Kier alpha value is -2.49. The monoisotopic (exact) mass is 481 g/mol. The molecule has 3 unspecified atom stereocenters. The molecule has 3 atom stereocenters. The maximum absolute atomic E-state index is 11.5.